The number of rotatable bonds is 5. The van der Waals surface area contributed by atoms with Crippen molar-refractivity contribution in [1.29, 1.82) is 0 Å². The van der Waals surface area contributed by atoms with Crippen molar-refractivity contribution in [2.75, 3.05) is 0 Å². The molecule has 0 bridgehead atoms. The zero-order valence-corrected chi connectivity index (χ0v) is 14.0. The number of aliphatic carboxylic acids is 1. The summed E-state index contributed by atoms with van der Waals surface area (Å²) >= 11 is 3.55. The Labute approximate surface area is 132 Å². The van der Waals surface area contributed by atoms with Gasteiger partial charge in [-0.1, -0.05) is 36.8 Å². The number of carbonyl (C=O) groups is 1. The Morgan fingerprint density at radius 3 is 2.48 bits per heavy atom. The molecule has 0 amide bonds. The monoisotopic (exact) mass is 350 g/mol. The van der Waals surface area contributed by atoms with Crippen LogP contribution in [-0.2, 0) is 24.7 Å². The van der Waals surface area contributed by atoms with E-state index in [1.54, 1.807) is 4.68 Å². The highest BCUT2D eigenvalue weighted by Gasteiger charge is 2.24. The van der Waals surface area contributed by atoms with Gasteiger partial charge in [-0.15, -0.1) is 0 Å². The molecule has 1 aromatic heterocycles. The molecule has 1 aromatic carbocycles. The van der Waals surface area contributed by atoms with E-state index in [1.807, 2.05) is 45.2 Å². The third kappa shape index (κ3) is 3.35. The van der Waals surface area contributed by atoms with Crippen LogP contribution >= 0.6 is 15.9 Å². The summed E-state index contributed by atoms with van der Waals surface area (Å²) in [5, 5.41) is 14.0. The lowest BCUT2D eigenvalue weighted by atomic mass is 9.93. The molecule has 112 valence electrons. The lowest BCUT2D eigenvalue weighted by molar-refractivity contribution is -0.138. The van der Waals surface area contributed by atoms with E-state index < -0.39 is 11.9 Å². The maximum atomic E-state index is 11.6. The van der Waals surface area contributed by atoms with E-state index in [0.29, 0.717) is 6.42 Å². The summed E-state index contributed by atoms with van der Waals surface area (Å²) in [7, 11) is 1.85. The first-order valence-electron chi connectivity index (χ1n) is 6.93. The van der Waals surface area contributed by atoms with Crippen LogP contribution in [0.5, 0.6) is 0 Å². The number of carboxylic acid groups (broad SMARTS) is 1. The number of aryl methyl sites for hydroxylation is 3. The smallest absolute Gasteiger partial charge is 0.311 e. The molecule has 2 aromatic rings. The molecule has 0 spiro atoms. The number of nitrogens with zero attached hydrogens (tertiary/aromatic N) is 2. The largest absolute Gasteiger partial charge is 0.481 e. The predicted molar refractivity (Wildman–Crippen MR) is 85.5 cm³/mol. The minimum absolute atomic E-state index is 0.419. The van der Waals surface area contributed by atoms with E-state index in [-0.39, 0.29) is 0 Å². The van der Waals surface area contributed by atoms with Gasteiger partial charge in [0.1, 0.15) is 0 Å². The SMILES string of the molecule is CCc1nn(C)c(CC(C(=O)O)c2ccc(C)cc2)c1Br. The Hall–Kier alpha value is -1.62. The van der Waals surface area contributed by atoms with Gasteiger partial charge in [-0.2, -0.15) is 5.10 Å². The minimum Gasteiger partial charge on any atom is -0.481 e. The molecule has 0 aliphatic carbocycles. The van der Waals surface area contributed by atoms with Gasteiger partial charge in [0.05, 0.1) is 21.8 Å². The standard InChI is InChI=1S/C16H19BrN2O2/c1-4-13-15(17)14(19(3)18-13)9-12(16(20)21)11-7-5-10(2)6-8-11/h5-8,12H,4,9H2,1-3H3,(H,20,21). The number of carboxylic acids is 1. The first kappa shape index (κ1) is 15.8. The molecule has 5 heteroatoms. The third-order valence-corrected chi connectivity index (χ3v) is 4.59. The van der Waals surface area contributed by atoms with E-state index in [0.717, 1.165) is 33.4 Å². The molecule has 0 saturated carbocycles. The molecule has 0 aliphatic rings. The second-order valence-corrected chi connectivity index (χ2v) is 5.98. The summed E-state index contributed by atoms with van der Waals surface area (Å²) < 4.78 is 2.69. The molecule has 1 unspecified atom stereocenters. The van der Waals surface area contributed by atoms with Crippen molar-refractivity contribution >= 4 is 21.9 Å². The Bertz CT molecular complexity index is 647. The Kier molecular flexibility index (Phi) is 4.83. The van der Waals surface area contributed by atoms with Crippen LogP contribution in [0.25, 0.3) is 0 Å². The minimum atomic E-state index is -0.815. The first-order valence-corrected chi connectivity index (χ1v) is 7.73. The molecule has 2 rings (SSSR count). The van der Waals surface area contributed by atoms with Crippen molar-refractivity contribution in [3.05, 3.63) is 51.3 Å². The molecule has 0 saturated heterocycles. The highest BCUT2D eigenvalue weighted by atomic mass is 79.9. The van der Waals surface area contributed by atoms with Crippen molar-refractivity contribution in [1.82, 2.24) is 9.78 Å². The second kappa shape index (κ2) is 6.43. The van der Waals surface area contributed by atoms with E-state index in [2.05, 4.69) is 21.0 Å². The van der Waals surface area contributed by atoms with Gasteiger partial charge in [0.15, 0.2) is 0 Å². The van der Waals surface area contributed by atoms with Crippen molar-refractivity contribution in [2.24, 2.45) is 7.05 Å². The third-order valence-electron chi connectivity index (χ3n) is 3.68. The van der Waals surface area contributed by atoms with Crippen molar-refractivity contribution in [2.45, 2.75) is 32.6 Å². The number of benzene rings is 1. The number of hydrogen-bond acceptors (Lipinski definition) is 2. The average Bonchev–Trinajstić information content (AvgIpc) is 2.72. The van der Waals surface area contributed by atoms with Crippen LogP contribution in [0.15, 0.2) is 28.7 Å². The zero-order valence-electron chi connectivity index (χ0n) is 12.4. The van der Waals surface area contributed by atoms with Gasteiger partial charge in [-0.05, 0) is 34.8 Å². The fraction of sp³-hybridized carbons (Fsp3) is 0.375. The van der Waals surface area contributed by atoms with Crippen LogP contribution in [0.2, 0.25) is 0 Å². The normalized spacial score (nSPS) is 12.4. The van der Waals surface area contributed by atoms with E-state index in [1.165, 1.54) is 0 Å². The molecule has 0 radical (unpaired) electrons. The topological polar surface area (TPSA) is 55.1 Å². The molecular weight excluding hydrogens is 332 g/mol. The maximum absolute atomic E-state index is 11.6. The Morgan fingerprint density at radius 1 is 1.38 bits per heavy atom. The number of halogens is 1. The van der Waals surface area contributed by atoms with Crippen molar-refractivity contribution in [3.63, 3.8) is 0 Å². The van der Waals surface area contributed by atoms with Crippen molar-refractivity contribution < 1.29 is 9.90 Å². The van der Waals surface area contributed by atoms with Gasteiger partial charge in [-0.25, -0.2) is 0 Å². The van der Waals surface area contributed by atoms with Crippen LogP contribution in [-0.4, -0.2) is 20.9 Å². The zero-order chi connectivity index (χ0) is 15.6. The first-order chi connectivity index (χ1) is 9.93. The van der Waals surface area contributed by atoms with Crippen LogP contribution in [0.4, 0.5) is 0 Å². The lowest BCUT2D eigenvalue weighted by Gasteiger charge is -2.13. The quantitative estimate of drug-likeness (QED) is 0.898. The van der Waals surface area contributed by atoms with Gasteiger partial charge in [0.2, 0.25) is 0 Å². The number of aromatic nitrogens is 2. The molecular formula is C16H19BrN2O2. The van der Waals surface area contributed by atoms with Gasteiger partial charge < -0.3 is 5.11 Å². The van der Waals surface area contributed by atoms with Gasteiger partial charge >= 0.3 is 5.97 Å². The molecule has 0 aliphatic heterocycles. The van der Waals surface area contributed by atoms with Crippen molar-refractivity contribution in [3.8, 4) is 0 Å². The summed E-state index contributed by atoms with van der Waals surface area (Å²) in [6, 6.07) is 7.67. The second-order valence-electron chi connectivity index (χ2n) is 5.19. The summed E-state index contributed by atoms with van der Waals surface area (Å²) in [6.07, 6.45) is 1.24. The fourth-order valence-electron chi connectivity index (χ4n) is 2.38. The summed E-state index contributed by atoms with van der Waals surface area (Å²) in [5.41, 5.74) is 3.82. The van der Waals surface area contributed by atoms with Gasteiger partial charge in [0.25, 0.3) is 0 Å². The van der Waals surface area contributed by atoms with Crippen LogP contribution in [0.1, 0.15) is 35.4 Å². The van der Waals surface area contributed by atoms with E-state index in [4.69, 9.17) is 0 Å². The molecule has 4 nitrogen and oxygen atoms in total. The molecule has 1 heterocycles. The highest BCUT2D eigenvalue weighted by molar-refractivity contribution is 9.10. The lowest BCUT2D eigenvalue weighted by Crippen LogP contribution is -2.16. The number of hydrogen-bond donors (Lipinski definition) is 1. The average molecular weight is 351 g/mol. The summed E-state index contributed by atoms with van der Waals surface area (Å²) in [4.78, 5) is 11.6. The summed E-state index contributed by atoms with van der Waals surface area (Å²) in [5.74, 6) is -1.38. The van der Waals surface area contributed by atoms with Gasteiger partial charge in [0, 0.05) is 13.5 Å². The Balaban J connectivity index is 2.35. The molecule has 21 heavy (non-hydrogen) atoms. The van der Waals surface area contributed by atoms with Crippen LogP contribution < -0.4 is 0 Å². The molecule has 1 atom stereocenters. The van der Waals surface area contributed by atoms with E-state index >= 15 is 0 Å². The van der Waals surface area contributed by atoms with Crippen LogP contribution in [0.3, 0.4) is 0 Å². The van der Waals surface area contributed by atoms with Gasteiger partial charge in [-0.3, -0.25) is 9.48 Å². The maximum Gasteiger partial charge on any atom is 0.311 e. The predicted octanol–water partition coefficient (Wildman–Crippen LogP) is 3.46. The highest BCUT2D eigenvalue weighted by Crippen LogP contribution is 2.28. The Morgan fingerprint density at radius 2 is 2.00 bits per heavy atom. The summed E-state index contributed by atoms with van der Waals surface area (Å²) in [6.45, 7) is 4.02. The van der Waals surface area contributed by atoms with Crippen LogP contribution in [0, 0.1) is 6.92 Å². The van der Waals surface area contributed by atoms with E-state index in [9.17, 15) is 9.90 Å². The molecule has 1 N–H and O–H groups in total. The molecule has 0 fully saturated rings. The fourth-order valence-corrected chi connectivity index (χ4v) is 3.16.